The maximum atomic E-state index is 9.94. The highest BCUT2D eigenvalue weighted by atomic mass is 16.5. The summed E-state index contributed by atoms with van der Waals surface area (Å²) in [5.41, 5.74) is 1.17. The number of aliphatic hydroxyl groups is 1. The third-order valence-electron chi connectivity index (χ3n) is 4.55. The minimum absolute atomic E-state index is 0.305. The van der Waals surface area contributed by atoms with Gasteiger partial charge in [-0.2, -0.15) is 0 Å². The minimum atomic E-state index is -0.305. The van der Waals surface area contributed by atoms with Gasteiger partial charge in [-0.1, -0.05) is 81.7 Å². The van der Waals surface area contributed by atoms with Crippen LogP contribution in [0.1, 0.15) is 63.4 Å². The van der Waals surface area contributed by atoms with Crippen molar-refractivity contribution in [2.24, 2.45) is 5.92 Å². The molecule has 1 aliphatic rings. The first kappa shape index (κ1) is 16.5. The second kappa shape index (κ2) is 9.97. The van der Waals surface area contributed by atoms with Crippen molar-refractivity contribution >= 4 is 0 Å². The largest absolute Gasteiger partial charge is 0.391 e. The van der Waals surface area contributed by atoms with Gasteiger partial charge in [0.2, 0.25) is 0 Å². The molecule has 0 radical (unpaired) electrons. The van der Waals surface area contributed by atoms with E-state index in [2.05, 4.69) is 12.1 Å². The van der Waals surface area contributed by atoms with Gasteiger partial charge in [-0.25, -0.2) is 0 Å². The molecule has 0 amide bonds. The van der Waals surface area contributed by atoms with Crippen LogP contribution in [-0.4, -0.2) is 17.8 Å². The van der Waals surface area contributed by atoms with Crippen molar-refractivity contribution in [2.75, 3.05) is 6.61 Å². The molecular formula is C19H30O2. The number of ether oxygens (including phenoxy) is 1. The molecule has 2 heteroatoms. The van der Waals surface area contributed by atoms with E-state index < -0.39 is 0 Å². The van der Waals surface area contributed by atoms with Crippen LogP contribution in [0.15, 0.2) is 30.3 Å². The number of hydrogen-bond acceptors (Lipinski definition) is 2. The van der Waals surface area contributed by atoms with Gasteiger partial charge in [0.1, 0.15) is 0 Å². The maximum absolute atomic E-state index is 9.94. The molecule has 118 valence electrons. The molecule has 0 aliphatic heterocycles. The molecule has 1 saturated carbocycles. The molecule has 1 fully saturated rings. The van der Waals surface area contributed by atoms with Crippen LogP contribution in [0, 0.1) is 5.92 Å². The lowest BCUT2D eigenvalue weighted by molar-refractivity contribution is 0.0232. The van der Waals surface area contributed by atoms with E-state index >= 15 is 0 Å². The van der Waals surface area contributed by atoms with E-state index in [-0.39, 0.29) is 6.10 Å². The summed E-state index contributed by atoms with van der Waals surface area (Å²) < 4.78 is 5.58. The van der Waals surface area contributed by atoms with Gasteiger partial charge in [0, 0.05) is 0 Å². The lowest BCUT2D eigenvalue weighted by Crippen LogP contribution is -2.15. The normalized spacial score (nSPS) is 17.8. The topological polar surface area (TPSA) is 29.5 Å². The Morgan fingerprint density at radius 2 is 1.81 bits per heavy atom. The fraction of sp³-hybridized carbons (Fsp3) is 0.684. The molecular weight excluding hydrogens is 260 g/mol. The highest BCUT2D eigenvalue weighted by molar-refractivity contribution is 5.13. The Morgan fingerprint density at radius 3 is 2.57 bits per heavy atom. The van der Waals surface area contributed by atoms with E-state index in [1.807, 2.05) is 18.2 Å². The second-order valence-corrected chi connectivity index (χ2v) is 6.44. The Labute approximate surface area is 129 Å². The van der Waals surface area contributed by atoms with Crippen LogP contribution in [0.4, 0.5) is 0 Å². The molecule has 21 heavy (non-hydrogen) atoms. The van der Waals surface area contributed by atoms with E-state index in [4.69, 9.17) is 4.74 Å². The summed E-state index contributed by atoms with van der Waals surface area (Å²) >= 11 is 0. The van der Waals surface area contributed by atoms with Gasteiger partial charge in [0.15, 0.2) is 0 Å². The van der Waals surface area contributed by atoms with Crippen molar-refractivity contribution in [3.63, 3.8) is 0 Å². The second-order valence-electron chi connectivity index (χ2n) is 6.44. The van der Waals surface area contributed by atoms with Crippen LogP contribution in [0.25, 0.3) is 0 Å². The van der Waals surface area contributed by atoms with E-state index in [0.717, 1.165) is 18.8 Å². The highest BCUT2D eigenvalue weighted by Gasteiger charge is 2.13. The van der Waals surface area contributed by atoms with Crippen molar-refractivity contribution in [2.45, 2.75) is 70.5 Å². The molecule has 1 N–H and O–H groups in total. The lowest BCUT2D eigenvalue weighted by Gasteiger charge is -2.21. The summed E-state index contributed by atoms with van der Waals surface area (Å²) in [7, 11) is 0. The number of rotatable bonds is 9. The summed E-state index contributed by atoms with van der Waals surface area (Å²) in [6.07, 6.45) is 11.5. The average molecular weight is 290 g/mol. The fourth-order valence-corrected chi connectivity index (χ4v) is 3.26. The van der Waals surface area contributed by atoms with E-state index in [1.165, 1.54) is 50.5 Å². The van der Waals surface area contributed by atoms with Crippen LogP contribution in [-0.2, 0) is 11.3 Å². The summed E-state index contributed by atoms with van der Waals surface area (Å²) in [4.78, 5) is 0. The molecule has 2 rings (SSSR count). The smallest absolute Gasteiger partial charge is 0.0773 e. The zero-order valence-corrected chi connectivity index (χ0v) is 13.2. The maximum Gasteiger partial charge on any atom is 0.0773 e. The van der Waals surface area contributed by atoms with Gasteiger partial charge in [-0.05, 0) is 17.9 Å². The van der Waals surface area contributed by atoms with Crippen molar-refractivity contribution < 1.29 is 9.84 Å². The zero-order valence-electron chi connectivity index (χ0n) is 13.2. The van der Waals surface area contributed by atoms with Gasteiger partial charge in [0.25, 0.3) is 0 Å². The van der Waals surface area contributed by atoms with Crippen molar-refractivity contribution in [1.82, 2.24) is 0 Å². The van der Waals surface area contributed by atoms with Crippen LogP contribution in [0.2, 0.25) is 0 Å². The number of unbranched alkanes of at least 4 members (excludes halogenated alkanes) is 1. The first-order chi connectivity index (χ1) is 10.3. The molecule has 1 atom stereocenters. The molecule has 0 aromatic heterocycles. The third kappa shape index (κ3) is 7.10. The first-order valence-electron chi connectivity index (χ1n) is 8.64. The van der Waals surface area contributed by atoms with Crippen LogP contribution in [0.5, 0.6) is 0 Å². The molecule has 0 saturated heterocycles. The molecule has 1 aliphatic carbocycles. The van der Waals surface area contributed by atoms with Gasteiger partial charge in [-0.3, -0.25) is 0 Å². The quantitative estimate of drug-likeness (QED) is 0.668. The SMILES string of the molecule is O[C@@H](CCCCC1CCCCC1)COCc1ccccc1. The Kier molecular flexibility index (Phi) is 7.83. The van der Waals surface area contributed by atoms with Gasteiger partial charge in [-0.15, -0.1) is 0 Å². The highest BCUT2D eigenvalue weighted by Crippen LogP contribution is 2.27. The monoisotopic (exact) mass is 290 g/mol. The minimum Gasteiger partial charge on any atom is -0.391 e. The molecule has 0 heterocycles. The number of aliphatic hydroxyl groups excluding tert-OH is 1. The van der Waals surface area contributed by atoms with E-state index in [1.54, 1.807) is 0 Å². The predicted molar refractivity (Wildman–Crippen MR) is 87.1 cm³/mol. The van der Waals surface area contributed by atoms with Gasteiger partial charge < -0.3 is 9.84 Å². The molecule has 2 nitrogen and oxygen atoms in total. The Hall–Kier alpha value is -0.860. The fourth-order valence-electron chi connectivity index (χ4n) is 3.26. The lowest BCUT2D eigenvalue weighted by atomic mass is 9.85. The number of hydrogen-bond donors (Lipinski definition) is 1. The molecule has 1 aromatic rings. The summed E-state index contributed by atoms with van der Waals surface area (Å²) in [5, 5.41) is 9.94. The summed E-state index contributed by atoms with van der Waals surface area (Å²) in [6, 6.07) is 10.1. The van der Waals surface area contributed by atoms with Crippen molar-refractivity contribution in [3.05, 3.63) is 35.9 Å². The van der Waals surface area contributed by atoms with E-state index in [0.29, 0.717) is 13.2 Å². The number of benzene rings is 1. The Morgan fingerprint density at radius 1 is 1.05 bits per heavy atom. The Balaban J connectivity index is 1.46. The zero-order chi connectivity index (χ0) is 14.8. The van der Waals surface area contributed by atoms with Crippen molar-refractivity contribution in [3.8, 4) is 0 Å². The first-order valence-corrected chi connectivity index (χ1v) is 8.64. The Bertz CT molecular complexity index is 357. The molecule has 1 aromatic carbocycles. The molecule has 0 bridgehead atoms. The van der Waals surface area contributed by atoms with Gasteiger partial charge in [0.05, 0.1) is 19.3 Å². The third-order valence-corrected chi connectivity index (χ3v) is 4.55. The van der Waals surface area contributed by atoms with Crippen LogP contribution < -0.4 is 0 Å². The predicted octanol–water partition coefficient (Wildman–Crippen LogP) is 4.70. The summed E-state index contributed by atoms with van der Waals surface area (Å²) in [5.74, 6) is 0.963. The van der Waals surface area contributed by atoms with Crippen molar-refractivity contribution in [1.29, 1.82) is 0 Å². The van der Waals surface area contributed by atoms with Crippen LogP contribution >= 0.6 is 0 Å². The van der Waals surface area contributed by atoms with E-state index in [9.17, 15) is 5.11 Å². The standard InChI is InChI=1S/C19H30O2/c20-19(16-21-15-18-12-5-2-6-13-18)14-8-7-11-17-9-3-1-4-10-17/h2,5-6,12-13,17,19-20H,1,3-4,7-11,14-16H2/t19-/m0/s1. The molecule has 0 spiro atoms. The average Bonchev–Trinajstić information content (AvgIpc) is 2.54. The van der Waals surface area contributed by atoms with Gasteiger partial charge >= 0.3 is 0 Å². The van der Waals surface area contributed by atoms with Crippen LogP contribution in [0.3, 0.4) is 0 Å². The molecule has 0 unspecified atom stereocenters. The summed E-state index contributed by atoms with van der Waals surface area (Å²) in [6.45, 7) is 1.05.